The van der Waals surface area contributed by atoms with E-state index in [0.29, 0.717) is 32.3 Å². The number of carbonyl (C=O) groups excluding carboxylic acids is 1. The molecule has 0 bridgehead atoms. The molecular weight excluding hydrogens is 394 g/mol. The Labute approximate surface area is 182 Å². The Hall–Kier alpha value is -3.04. The van der Waals surface area contributed by atoms with Gasteiger partial charge in [-0.25, -0.2) is 10.4 Å². The highest BCUT2D eigenvalue weighted by Crippen LogP contribution is 2.32. The van der Waals surface area contributed by atoms with Gasteiger partial charge in [-0.3, -0.25) is 4.79 Å². The van der Waals surface area contributed by atoms with E-state index in [9.17, 15) is 4.79 Å². The number of nitrogens with two attached hydrogens (primary N) is 1. The molecule has 4 rings (SSSR count). The van der Waals surface area contributed by atoms with Crippen molar-refractivity contribution in [3.63, 3.8) is 0 Å². The van der Waals surface area contributed by atoms with Gasteiger partial charge < -0.3 is 20.3 Å². The number of fused-ring (bicyclic) bond motifs is 1. The van der Waals surface area contributed by atoms with Gasteiger partial charge in [0, 0.05) is 18.7 Å². The van der Waals surface area contributed by atoms with Crippen molar-refractivity contribution in [2.45, 2.75) is 39.4 Å². The molecule has 9 heteroatoms. The molecule has 2 aliphatic heterocycles. The van der Waals surface area contributed by atoms with E-state index in [4.69, 9.17) is 15.5 Å². The fourth-order valence-electron chi connectivity index (χ4n) is 3.79. The number of amides is 1. The molecule has 0 atom stereocenters. The molecule has 1 amide bonds. The van der Waals surface area contributed by atoms with Gasteiger partial charge in [-0.2, -0.15) is 10.1 Å². The molecule has 0 radical (unpaired) electrons. The van der Waals surface area contributed by atoms with Crippen molar-refractivity contribution >= 4 is 23.9 Å². The largest absolute Gasteiger partial charge is 0.378 e. The van der Waals surface area contributed by atoms with Crippen LogP contribution in [0.5, 0.6) is 0 Å². The van der Waals surface area contributed by atoms with Gasteiger partial charge in [-0.05, 0) is 26.3 Å². The number of benzene rings is 1. The lowest BCUT2D eigenvalue weighted by Gasteiger charge is -2.29. The molecule has 0 aliphatic carbocycles. The van der Waals surface area contributed by atoms with E-state index in [2.05, 4.69) is 20.4 Å². The van der Waals surface area contributed by atoms with Crippen molar-refractivity contribution in [2.24, 2.45) is 10.8 Å². The molecular formula is C22H29N7O2. The summed E-state index contributed by atoms with van der Waals surface area (Å²) in [7, 11) is 0. The number of hydrazone groups is 1. The molecule has 2 aliphatic rings. The van der Waals surface area contributed by atoms with Crippen LogP contribution in [-0.4, -0.2) is 58.8 Å². The van der Waals surface area contributed by atoms with Gasteiger partial charge in [-0.1, -0.05) is 29.8 Å². The maximum atomic E-state index is 12.7. The zero-order valence-electron chi connectivity index (χ0n) is 18.3. The standard InChI is InChI=1S/C22H29N7O2/c1-15-5-4-6-16(11-15)12-24-27-21-25-18-14-29(20(30)22(2,3)23)13-17(18)19(26-21)28-7-9-31-10-8-28/h4-6,11-12H,7-10,13-14,23H2,1-3H3,(H,25,26,27)/b24-12+. The highest BCUT2D eigenvalue weighted by molar-refractivity contribution is 5.86. The third-order valence-corrected chi connectivity index (χ3v) is 5.33. The minimum Gasteiger partial charge on any atom is -0.378 e. The number of hydrogen-bond donors (Lipinski definition) is 2. The van der Waals surface area contributed by atoms with Gasteiger partial charge >= 0.3 is 0 Å². The zero-order chi connectivity index (χ0) is 22.0. The first kappa shape index (κ1) is 21.2. The number of nitrogens with zero attached hydrogens (tertiary/aromatic N) is 5. The summed E-state index contributed by atoms with van der Waals surface area (Å²) in [4.78, 5) is 26.0. The first-order valence-corrected chi connectivity index (χ1v) is 10.5. The summed E-state index contributed by atoms with van der Waals surface area (Å²) in [6.45, 7) is 9.12. The molecule has 31 heavy (non-hydrogen) atoms. The van der Waals surface area contributed by atoms with E-state index in [1.165, 1.54) is 5.56 Å². The Morgan fingerprint density at radius 3 is 2.74 bits per heavy atom. The van der Waals surface area contributed by atoms with Gasteiger partial charge in [-0.15, -0.1) is 0 Å². The van der Waals surface area contributed by atoms with Crippen LogP contribution in [0.3, 0.4) is 0 Å². The fourth-order valence-corrected chi connectivity index (χ4v) is 3.79. The normalized spacial score (nSPS) is 16.6. The number of aryl methyl sites for hydroxylation is 1. The third-order valence-electron chi connectivity index (χ3n) is 5.33. The predicted molar refractivity (Wildman–Crippen MR) is 120 cm³/mol. The SMILES string of the molecule is Cc1cccc(/C=N/Nc2nc3c(c(N4CCOCC4)n2)CN(C(=O)C(C)(C)N)C3)c1. The van der Waals surface area contributed by atoms with Gasteiger partial charge in [0.15, 0.2) is 0 Å². The van der Waals surface area contributed by atoms with Crippen LogP contribution < -0.4 is 16.1 Å². The summed E-state index contributed by atoms with van der Waals surface area (Å²) >= 11 is 0. The number of carbonyl (C=O) groups is 1. The lowest BCUT2D eigenvalue weighted by Crippen LogP contribution is -2.49. The van der Waals surface area contributed by atoms with Crippen molar-refractivity contribution in [1.82, 2.24) is 14.9 Å². The maximum absolute atomic E-state index is 12.7. The fraction of sp³-hybridized carbons (Fsp3) is 0.455. The van der Waals surface area contributed by atoms with Gasteiger partial charge in [0.25, 0.3) is 0 Å². The van der Waals surface area contributed by atoms with E-state index in [1.807, 2.05) is 31.2 Å². The predicted octanol–water partition coefficient (Wildman–Crippen LogP) is 1.65. The molecule has 2 aromatic rings. The van der Waals surface area contributed by atoms with Crippen molar-refractivity contribution in [1.29, 1.82) is 0 Å². The molecule has 0 unspecified atom stereocenters. The van der Waals surface area contributed by atoms with Crippen LogP contribution in [0.1, 0.15) is 36.2 Å². The van der Waals surface area contributed by atoms with Crippen LogP contribution >= 0.6 is 0 Å². The molecule has 164 valence electrons. The summed E-state index contributed by atoms with van der Waals surface area (Å²) < 4.78 is 5.49. The second-order valence-corrected chi connectivity index (χ2v) is 8.56. The van der Waals surface area contributed by atoms with Gasteiger partial charge in [0.2, 0.25) is 11.9 Å². The van der Waals surface area contributed by atoms with E-state index < -0.39 is 5.54 Å². The first-order chi connectivity index (χ1) is 14.8. The Kier molecular flexibility index (Phi) is 5.88. The van der Waals surface area contributed by atoms with Crippen molar-refractivity contribution in [3.8, 4) is 0 Å². The van der Waals surface area contributed by atoms with E-state index in [0.717, 1.165) is 35.7 Å². The number of nitrogens with one attached hydrogen (secondary N) is 1. The van der Waals surface area contributed by atoms with E-state index in [1.54, 1.807) is 25.0 Å². The average Bonchev–Trinajstić information content (AvgIpc) is 3.16. The Morgan fingerprint density at radius 2 is 2.03 bits per heavy atom. The number of anilines is 2. The number of ether oxygens (including phenoxy) is 1. The number of hydrogen-bond acceptors (Lipinski definition) is 8. The van der Waals surface area contributed by atoms with Crippen LogP contribution in [0.2, 0.25) is 0 Å². The van der Waals surface area contributed by atoms with Crippen molar-refractivity contribution in [2.75, 3.05) is 36.6 Å². The molecule has 1 aromatic carbocycles. The Morgan fingerprint density at radius 1 is 1.26 bits per heavy atom. The highest BCUT2D eigenvalue weighted by Gasteiger charge is 2.35. The lowest BCUT2D eigenvalue weighted by atomic mass is 10.1. The number of morpholine rings is 1. The average molecular weight is 424 g/mol. The molecule has 0 spiro atoms. The lowest BCUT2D eigenvalue weighted by molar-refractivity contribution is -0.136. The molecule has 9 nitrogen and oxygen atoms in total. The van der Waals surface area contributed by atoms with Gasteiger partial charge in [0.05, 0.1) is 43.8 Å². The molecule has 1 saturated heterocycles. The minimum atomic E-state index is -0.937. The quantitative estimate of drug-likeness (QED) is 0.556. The number of rotatable bonds is 5. The summed E-state index contributed by atoms with van der Waals surface area (Å²) in [6.07, 6.45) is 1.74. The highest BCUT2D eigenvalue weighted by atomic mass is 16.5. The second kappa shape index (κ2) is 8.60. The molecule has 1 fully saturated rings. The van der Waals surface area contributed by atoms with E-state index >= 15 is 0 Å². The summed E-state index contributed by atoms with van der Waals surface area (Å²) in [6, 6.07) is 8.06. The third kappa shape index (κ3) is 4.83. The van der Waals surface area contributed by atoms with Crippen LogP contribution in [-0.2, 0) is 22.6 Å². The van der Waals surface area contributed by atoms with E-state index in [-0.39, 0.29) is 5.91 Å². The minimum absolute atomic E-state index is 0.106. The molecule has 3 heterocycles. The Bertz CT molecular complexity index is 994. The zero-order valence-corrected chi connectivity index (χ0v) is 18.3. The molecule has 1 aromatic heterocycles. The van der Waals surface area contributed by atoms with Crippen LogP contribution in [0, 0.1) is 6.92 Å². The second-order valence-electron chi connectivity index (χ2n) is 8.56. The topological polar surface area (TPSA) is 109 Å². The van der Waals surface area contributed by atoms with Crippen LogP contribution in [0.15, 0.2) is 29.4 Å². The smallest absolute Gasteiger partial charge is 0.245 e. The first-order valence-electron chi connectivity index (χ1n) is 10.5. The molecule has 3 N–H and O–H groups in total. The summed E-state index contributed by atoms with van der Waals surface area (Å²) in [5, 5.41) is 4.31. The van der Waals surface area contributed by atoms with Gasteiger partial charge in [0.1, 0.15) is 5.82 Å². The van der Waals surface area contributed by atoms with Crippen LogP contribution in [0.25, 0.3) is 0 Å². The summed E-state index contributed by atoms with van der Waals surface area (Å²) in [5.41, 5.74) is 12.0. The van der Waals surface area contributed by atoms with Crippen LogP contribution in [0.4, 0.5) is 11.8 Å². The van der Waals surface area contributed by atoms with Crippen molar-refractivity contribution in [3.05, 3.63) is 46.6 Å². The van der Waals surface area contributed by atoms with Crippen molar-refractivity contribution < 1.29 is 9.53 Å². The monoisotopic (exact) mass is 423 g/mol. The molecule has 0 saturated carbocycles. The maximum Gasteiger partial charge on any atom is 0.245 e. The number of aromatic nitrogens is 2. The Balaban J connectivity index is 1.60. The summed E-state index contributed by atoms with van der Waals surface area (Å²) in [5.74, 6) is 1.13.